The lowest BCUT2D eigenvalue weighted by Crippen LogP contribution is -2.36. The van der Waals surface area contributed by atoms with Crippen LogP contribution in [0.25, 0.3) is 0 Å². The molecule has 0 bridgehead atoms. The third kappa shape index (κ3) is 4.61. The number of benzene rings is 1. The van der Waals surface area contributed by atoms with E-state index in [1.165, 1.54) is 12.1 Å². The zero-order valence-electron chi connectivity index (χ0n) is 11.3. The molecule has 1 aliphatic rings. The minimum atomic E-state index is -4.74. The van der Waals surface area contributed by atoms with E-state index in [0.29, 0.717) is 6.54 Å². The molecule has 1 saturated heterocycles. The molecule has 1 amide bonds. The van der Waals surface area contributed by atoms with Gasteiger partial charge in [-0.3, -0.25) is 4.79 Å². The number of hydrogen-bond donors (Lipinski definition) is 1. The van der Waals surface area contributed by atoms with Crippen molar-refractivity contribution in [3.8, 4) is 5.75 Å². The maximum Gasteiger partial charge on any atom is 0.573 e. The van der Waals surface area contributed by atoms with Crippen LogP contribution in [0, 0.1) is 0 Å². The largest absolute Gasteiger partial charge is 0.573 e. The summed E-state index contributed by atoms with van der Waals surface area (Å²) in [6.45, 7) is 1.30. The molecule has 2 rings (SSSR count). The molecule has 1 heterocycles. The number of nitrogens with one attached hydrogen (secondary N) is 1. The van der Waals surface area contributed by atoms with Gasteiger partial charge in [0.15, 0.2) is 0 Å². The summed E-state index contributed by atoms with van der Waals surface area (Å²) in [6.07, 6.45) is -3.98. The molecule has 1 atom stereocenters. The first-order chi connectivity index (χ1) is 9.87. The molecule has 1 aliphatic heterocycles. The highest BCUT2D eigenvalue weighted by Crippen LogP contribution is 2.22. The molecule has 5 nitrogen and oxygen atoms in total. The molecule has 1 aromatic rings. The van der Waals surface area contributed by atoms with E-state index < -0.39 is 6.36 Å². The van der Waals surface area contributed by atoms with Crippen molar-refractivity contribution < 1.29 is 27.5 Å². The molecule has 1 fully saturated rings. The minimum Gasteiger partial charge on any atom is -0.406 e. The van der Waals surface area contributed by atoms with Gasteiger partial charge in [0.1, 0.15) is 5.75 Å². The summed E-state index contributed by atoms with van der Waals surface area (Å²) >= 11 is 0. The maximum atomic E-state index is 12.0. The summed E-state index contributed by atoms with van der Waals surface area (Å²) in [7, 11) is 1.56. The van der Waals surface area contributed by atoms with E-state index in [0.717, 1.165) is 25.1 Å². The van der Waals surface area contributed by atoms with Crippen LogP contribution >= 0.6 is 0 Å². The van der Waals surface area contributed by atoms with Gasteiger partial charge in [0.2, 0.25) is 0 Å². The number of carbonyl (C=O) groups is 1. The summed E-state index contributed by atoms with van der Waals surface area (Å²) in [5.41, 5.74) is 0.278. The highest BCUT2D eigenvalue weighted by molar-refractivity contribution is 5.94. The second-order valence-electron chi connectivity index (χ2n) is 4.60. The summed E-state index contributed by atoms with van der Waals surface area (Å²) in [5.74, 6) is -0.693. The van der Waals surface area contributed by atoms with Crippen LogP contribution in [-0.4, -0.2) is 43.6 Å². The van der Waals surface area contributed by atoms with Gasteiger partial charge < -0.3 is 14.9 Å². The van der Waals surface area contributed by atoms with Gasteiger partial charge in [-0.1, -0.05) is 0 Å². The summed E-state index contributed by atoms with van der Waals surface area (Å²) < 4.78 is 39.8. The van der Waals surface area contributed by atoms with Crippen LogP contribution in [0.2, 0.25) is 0 Å². The third-order valence-electron chi connectivity index (χ3n) is 3.09. The first-order valence-electron chi connectivity index (χ1n) is 6.33. The van der Waals surface area contributed by atoms with Gasteiger partial charge in [-0.15, -0.1) is 13.2 Å². The molecule has 21 heavy (non-hydrogen) atoms. The van der Waals surface area contributed by atoms with Gasteiger partial charge in [0, 0.05) is 24.7 Å². The fraction of sp³-hybridized carbons (Fsp3) is 0.462. The fourth-order valence-electron chi connectivity index (χ4n) is 2.09. The predicted molar refractivity (Wildman–Crippen MR) is 67.6 cm³/mol. The van der Waals surface area contributed by atoms with E-state index in [4.69, 9.17) is 4.84 Å². The molecule has 116 valence electrons. The van der Waals surface area contributed by atoms with Gasteiger partial charge in [-0.05, 0) is 30.7 Å². The third-order valence-corrected chi connectivity index (χ3v) is 3.09. The molecule has 0 spiro atoms. The molecule has 1 N–H and O–H groups in total. The predicted octanol–water partition coefficient (Wildman–Crippen LogP) is 1.95. The SMILES string of the molecule is CON1CCC(NC(=O)c2ccc(OC(F)(F)F)cc2)C1. The summed E-state index contributed by atoms with van der Waals surface area (Å²) in [5, 5.41) is 4.53. The average molecular weight is 304 g/mol. The van der Waals surface area contributed by atoms with Crippen LogP contribution in [0.5, 0.6) is 5.75 Å². The highest BCUT2D eigenvalue weighted by atomic mass is 19.4. The Bertz CT molecular complexity index is 490. The lowest BCUT2D eigenvalue weighted by Gasteiger charge is -2.14. The molecule has 0 aliphatic carbocycles. The molecule has 0 radical (unpaired) electrons. The van der Waals surface area contributed by atoms with Crippen molar-refractivity contribution in [2.24, 2.45) is 0 Å². The zero-order valence-corrected chi connectivity index (χ0v) is 11.3. The number of alkyl halides is 3. The van der Waals surface area contributed by atoms with Crippen molar-refractivity contribution in [3.05, 3.63) is 29.8 Å². The van der Waals surface area contributed by atoms with Gasteiger partial charge in [-0.25, -0.2) is 0 Å². The number of rotatable bonds is 4. The van der Waals surface area contributed by atoms with Crippen LogP contribution in [0.1, 0.15) is 16.8 Å². The fourth-order valence-corrected chi connectivity index (χ4v) is 2.09. The minimum absolute atomic E-state index is 0.0384. The molecule has 0 saturated carbocycles. The Morgan fingerprint density at radius 3 is 2.52 bits per heavy atom. The van der Waals surface area contributed by atoms with E-state index in [-0.39, 0.29) is 23.3 Å². The van der Waals surface area contributed by atoms with Crippen molar-refractivity contribution in [3.63, 3.8) is 0 Å². The Morgan fingerprint density at radius 2 is 2.00 bits per heavy atom. The summed E-state index contributed by atoms with van der Waals surface area (Å²) in [4.78, 5) is 17.0. The first kappa shape index (κ1) is 15.6. The lowest BCUT2D eigenvalue weighted by molar-refractivity contribution is -0.274. The van der Waals surface area contributed by atoms with E-state index in [1.54, 1.807) is 12.2 Å². The van der Waals surface area contributed by atoms with Crippen molar-refractivity contribution in [1.29, 1.82) is 0 Å². The first-order valence-corrected chi connectivity index (χ1v) is 6.33. The standard InChI is InChI=1S/C13H15F3N2O3/c1-20-18-7-6-10(8-18)17-12(19)9-2-4-11(5-3-9)21-13(14,15)16/h2-5,10H,6-8H2,1H3,(H,17,19). The maximum absolute atomic E-state index is 12.0. The van der Waals surface area contributed by atoms with Crippen LogP contribution in [0.4, 0.5) is 13.2 Å². The topological polar surface area (TPSA) is 50.8 Å². The lowest BCUT2D eigenvalue weighted by atomic mass is 10.2. The van der Waals surface area contributed by atoms with Crippen LogP contribution in [0.3, 0.4) is 0 Å². The van der Waals surface area contributed by atoms with Crippen molar-refractivity contribution in [2.45, 2.75) is 18.8 Å². The normalized spacial score (nSPS) is 19.5. The molecule has 1 aromatic carbocycles. The monoisotopic (exact) mass is 304 g/mol. The van der Waals surface area contributed by atoms with Crippen molar-refractivity contribution in [1.82, 2.24) is 10.4 Å². The van der Waals surface area contributed by atoms with E-state index in [9.17, 15) is 18.0 Å². The van der Waals surface area contributed by atoms with Crippen molar-refractivity contribution >= 4 is 5.91 Å². The number of halogens is 3. The van der Waals surface area contributed by atoms with Gasteiger partial charge >= 0.3 is 6.36 Å². The highest BCUT2D eigenvalue weighted by Gasteiger charge is 2.31. The molecular weight excluding hydrogens is 289 g/mol. The van der Waals surface area contributed by atoms with Crippen LogP contribution < -0.4 is 10.1 Å². The number of carbonyl (C=O) groups excluding carboxylic acids is 1. The Morgan fingerprint density at radius 1 is 1.33 bits per heavy atom. The quantitative estimate of drug-likeness (QED) is 0.924. The molecule has 1 unspecified atom stereocenters. The Hall–Kier alpha value is -1.80. The zero-order chi connectivity index (χ0) is 15.5. The number of hydroxylamine groups is 2. The average Bonchev–Trinajstić information content (AvgIpc) is 2.85. The molecular formula is C13H15F3N2O3. The van der Waals surface area contributed by atoms with Crippen LogP contribution in [0.15, 0.2) is 24.3 Å². The van der Waals surface area contributed by atoms with Crippen LogP contribution in [-0.2, 0) is 4.84 Å². The second-order valence-corrected chi connectivity index (χ2v) is 4.60. The van der Waals surface area contributed by atoms with E-state index in [1.807, 2.05) is 0 Å². The van der Waals surface area contributed by atoms with Gasteiger partial charge in [0.05, 0.1) is 7.11 Å². The second kappa shape index (κ2) is 6.31. The number of ether oxygens (including phenoxy) is 1. The van der Waals surface area contributed by atoms with Gasteiger partial charge in [0.25, 0.3) is 5.91 Å². The van der Waals surface area contributed by atoms with Gasteiger partial charge in [-0.2, -0.15) is 5.06 Å². The number of amides is 1. The number of hydrogen-bond acceptors (Lipinski definition) is 4. The Labute approximate surface area is 119 Å². The van der Waals surface area contributed by atoms with Crippen molar-refractivity contribution in [2.75, 3.05) is 20.2 Å². The molecule has 0 aromatic heterocycles. The van der Waals surface area contributed by atoms with E-state index >= 15 is 0 Å². The smallest absolute Gasteiger partial charge is 0.406 e. The van der Waals surface area contributed by atoms with E-state index in [2.05, 4.69) is 10.1 Å². The Balaban J connectivity index is 1.91. The summed E-state index contributed by atoms with van der Waals surface area (Å²) in [6, 6.07) is 4.76. The number of nitrogens with zero attached hydrogens (tertiary/aromatic N) is 1. The molecule has 8 heteroatoms. The Kier molecular flexibility index (Phi) is 4.69.